The maximum absolute atomic E-state index is 15.1. The molecule has 34 heavy (non-hydrogen) atoms. The number of hydrogen-bond donors (Lipinski definition) is 1. The fraction of sp³-hybridized carbons (Fsp3) is 0.320. The molecule has 4 aromatic rings. The summed E-state index contributed by atoms with van der Waals surface area (Å²) in [4.78, 5) is 25.3. The Morgan fingerprint density at radius 1 is 1.18 bits per heavy atom. The van der Waals surface area contributed by atoms with Gasteiger partial charge in [-0.3, -0.25) is 4.79 Å². The number of ether oxygens (including phenoxy) is 3. The van der Waals surface area contributed by atoms with Crippen LogP contribution in [0.5, 0.6) is 23.1 Å². The number of hydrogen-bond acceptors (Lipinski definition) is 6. The van der Waals surface area contributed by atoms with Gasteiger partial charge in [0.15, 0.2) is 23.1 Å². The van der Waals surface area contributed by atoms with Crippen LogP contribution in [0.4, 0.5) is 4.39 Å². The van der Waals surface area contributed by atoms with Crippen LogP contribution in [0.2, 0.25) is 0 Å². The van der Waals surface area contributed by atoms with E-state index in [1.165, 1.54) is 13.4 Å². The number of carbonyl (C=O) groups is 1. The van der Waals surface area contributed by atoms with Crippen molar-refractivity contribution in [1.29, 1.82) is 0 Å². The van der Waals surface area contributed by atoms with E-state index >= 15 is 4.39 Å². The summed E-state index contributed by atoms with van der Waals surface area (Å²) in [5, 5.41) is 1.01. The third-order valence-electron chi connectivity index (χ3n) is 6.14. The summed E-state index contributed by atoms with van der Waals surface area (Å²) in [6.07, 6.45) is 3.21. The van der Waals surface area contributed by atoms with E-state index in [1.807, 2.05) is 11.8 Å². The van der Waals surface area contributed by atoms with Crippen LogP contribution in [0.3, 0.4) is 0 Å². The van der Waals surface area contributed by atoms with Gasteiger partial charge in [0, 0.05) is 36.1 Å². The van der Waals surface area contributed by atoms with Gasteiger partial charge >= 0.3 is 0 Å². The number of methoxy groups -OCH3 is 1. The normalized spacial score (nSPS) is 15.8. The quantitative estimate of drug-likeness (QED) is 0.443. The lowest BCUT2D eigenvalue weighted by Crippen LogP contribution is -2.37. The van der Waals surface area contributed by atoms with Crippen molar-refractivity contribution in [2.75, 3.05) is 20.3 Å². The minimum absolute atomic E-state index is 0.0251. The van der Waals surface area contributed by atoms with Gasteiger partial charge in [0.2, 0.25) is 11.8 Å². The second-order valence-electron chi connectivity index (χ2n) is 8.41. The minimum Gasteiger partial charge on any atom is -0.493 e. The Morgan fingerprint density at radius 3 is 2.82 bits per heavy atom. The Kier molecular flexibility index (Phi) is 5.69. The summed E-state index contributed by atoms with van der Waals surface area (Å²) in [7, 11) is 1.54. The molecule has 0 saturated carbocycles. The molecule has 0 bridgehead atoms. The fourth-order valence-corrected chi connectivity index (χ4v) is 4.47. The molecule has 176 valence electrons. The molecule has 1 aliphatic rings. The second-order valence-corrected chi connectivity index (χ2v) is 8.41. The van der Waals surface area contributed by atoms with Crippen LogP contribution in [-0.4, -0.2) is 52.1 Å². The van der Waals surface area contributed by atoms with Crippen LogP contribution < -0.4 is 14.2 Å². The molecular formula is C25H25FN4O4. The molecule has 1 amide bonds. The van der Waals surface area contributed by atoms with Crippen LogP contribution in [0.15, 0.2) is 36.7 Å². The molecule has 2 aromatic carbocycles. The number of rotatable bonds is 6. The molecule has 0 radical (unpaired) electrons. The highest BCUT2D eigenvalue weighted by atomic mass is 19.1. The first kappa shape index (κ1) is 21.9. The van der Waals surface area contributed by atoms with E-state index in [0.717, 1.165) is 25.1 Å². The summed E-state index contributed by atoms with van der Waals surface area (Å²) < 4.78 is 32.5. The smallest absolute Gasteiger partial charge is 0.230 e. The minimum atomic E-state index is -0.466. The molecule has 5 rings (SSSR count). The number of likely N-dealkylation sites (tertiary alicyclic amines) is 1. The van der Waals surface area contributed by atoms with E-state index in [4.69, 9.17) is 14.2 Å². The Bertz CT molecular complexity index is 1390. The van der Waals surface area contributed by atoms with Gasteiger partial charge in [0.1, 0.15) is 12.9 Å². The standard InChI is InChI=1S/C25H25FN4O4/c1-14-9-17-19(29-14)6-7-21(24(17)26)34-25-18-10-22(32-3)23(11-20(18)27-13-28-25)33-12-16-5-4-8-30(16)15(2)31/h6-7,9-11,13,16,29H,4-5,8,12H2,1-3H3. The van der Waals surface area contributed by atoms with Gasteiger partial charge in [-0.15, -0.1) is 0 Å². The van der Waals surface area contributed by atoms with Crippen molar-refractivity contribution >= 4 is 27.7 Å². The molecular weight excluding hydrogens is 439 g/mol. The summed E-state index contributed by atoms with van der Waals surface area (Å²) in [6, 6.07) is 8.55. The monoisotopic (exact) mass is 464 g/mol. The third kappa shape index (κ3) is 3.98. The first-order valence-electron chi connectivity index (χ1n) is 11.1. The summed E-state index contributed by atoms with van der Waals surface area (Å²) in [5.74, 6) is 0.829. The topological polar surface area (TPSA) is 89.6 Å². The Morgan fingerprint density at radius 2 is 2.03 bits per heavy atom. The number of aryl methyl sites for hydroxylation is 1. The average molecular weight is 464 g/mol. The number of nitrogens with one attached hydrogen (secondary N) is 1. The summed E-state index contributed by atoms with van der Waals surface area (Å²) in [5.41, 5.74) is 2.12. The molecule has 0 spiro atoms. The largest absolute Gasteiger partial charge is 0.493 e. The van der Waals surface area contributed by atoms with Crippen LogP contribution in [-0.2, 0) is 4.79 Å². The fourth-order valence-electron chi connectivity index (χ4n) is 4.47. The van der Waals surface area contributed by atoms with Crippen LogP contribution in [0.1, 0.15) is 25.5 Å². The van der Waals surface area contributed by atoms with Crippen molar-refractivity contribution in [3.05, 3.63) is 48.2 Å². The van der Waals surface area contributed by atoms with Crippen molar-refractivity contribution in [3.8, 4) is 23.1 Å². The molecule has 1 aliphatic heterocycles. The number of carbonyl (C=O) groups excluding carboxylic acids is 1. The van der Waals surface area contributed by atoms with Crippen molar-refractivity contribution in [3.63, 3.8) is 0 Å². The first-order valence-corrected chi connectivity index (χ1v) is 11.1. The number of aromatic nitrogens is 3. The van der Waals surface area contributed by atoms with Gasteiger partial charge in [-0.05, 0) is 44.0 Å². The van der Waals surface area contributed by atoms with Crippen LogP contribution >= 0.6 is 0 Å². The SMILES string of the molecule is COc1cc2c(Oc3ccc4[nH]c(C)cc4c3F)ncnc2cc1OCC1CCCN1C(C)=O. The van der Waals surface area contributed by atoms with Crippen LogP contribution in [0.25, 0.3) is 21.8 Å². The van der Waals surface area contributed by atoms with E-state index in [-0.39, 0.29) is 23.6 Å². The first-order chi connectivity index (χ1) is 16.4. The zero-order chi connectivity index (χ0) is 23.8. The molecule has 1 atom stereocenters. The van der Waals surface area contributed by atoms with Gasteiger partial charge in [0.05, 0.1) is 24.1 Å². The lowest BCUT2D eigenvalue weighted by molar-refractivity contribution is -0.130. The predicted molar refractivity (Wildman–Crippen MR) is 125 cm³/mol. The highest BCUT2D eigenvalue weighted by Gasteiger charge is 2.27. The van der Waals surface area contributed by atoms with E-state index in [2.05, 4.69) is 15.0 Å². The zero-order valence-electron chi connectivity index (χ0n) is 19.2. The Balaban J connectivity index is 1.45. The molecule has 1 fully saturated rings. The van der Waals surface area contributed by atoms with E-state index in [0.29, 0.717) is 39.9 Å². The number of fused-ring (bicyclic) bond motifs is 2. The van der Waals surface area contributed by atoms with Crippen LogP contribution in [0, 0.1) is 12.7 Å². The van der Waals surface area contributed by atoms with E-state index in [9.17, 15) is 4.79 Å². The predicted octanol–water partition coefficient (Wildman–Crippen LogP) is 4.75. The lowest BCUT2D eigenvalue weighted by Gasteiger charge is -2.23. The average Bonchev–Trinajstić information content (AvgIpc) is 3.45. The van der Waals surface area contributed by atoms with Crippen molar-refractivity contribution in [2.24, 2.45) is 0 Å². The zero-order valence-corrected chi connectivity index (χ0v) is 19.2. The number of H-pyrrole nitrogens is 1. The van der Waals surface area contributed by atoms with Gasteiger partial charge < -0.3 is 24.1 Å². The van der Waals surface area contributed by atoms with Crippen molar-refractivity contribution in [2.45, 2.75) is 32.7 Å². The highest BCUT2D eigenvalue weighted by Crippen LogP contribution is 2.37. The van der Waals surface area contributed by atoms with Crippen molar-refractivity contribution < 1.29 is 23.4 Å². The molecule has 0 aliphatic carbocycles. The maximum atomic E-state index is 15.1. The van der Waals surface area contributed by atoms with Gasteiger partial charge in [0.25, 0.3) is 0 Å². The van der Waals surface area contributed by atoms with Crippen molar-refractivity contribution in [1.82, 2.24) is 19.9 Å². The third-order valence-corrected chi connectivity index (χ3v) is 6.14. The molecule has 1 unspecified atom stereocenters. The molecule has 1 saturated heterocycles. The highest BCUT2D eigenvalue weighted by molar-refractivity contribution is 5.87. The van der Waals surface area contributed by atoms with E-state index in [1.54, 1.807) is 37.3 Å². The summed E-state index contributed by atoms with van der Waals surface area (Å²) >= 11 is 0. The van der Waals surface area contributed by atoms with Gasteiger partial charge in [-0.25, -0.2) is 14.4 Å². The second kappa shape index (κ2) is 8.81. The number of halogens is 1. The Hall–Kier alpha value is -3.88. The number of aromatic amines is 1. The Labute approximate surface area is 195 Å². The molecule has 1 N–H and O–H groups in total. The molecule has 8 nitrogen and oxygen atoms in total. The number of amides is 1. The molecule has 2 aromatic heterocycles. The van der Waals surface area contributed by atoms with Gasteiger partial charge in [-0.2, -0.15) is 0 Å². The molecule has 3 heterocycles. The molecule has 9 heteroatoms. The lowest BCUT2D eigenvalue weighted by atomic mass is 10.2. The maximum Gasteiger partial charge on any atom is 0.230 e. The van der Waals surface area contributed by atoms with Gasteiger partial charge in [-0.1, -0.05) is 0 Å². The van der Waals surface area contributed by atoms with E-state index < -0.39 is 5.82 Å². The number of benzene rings is 2. The number of nitrogens with zero attached hydrogens (tertiary/aromatic N) is 3. The summed E-state index contributed by atoms with van der Waals surface area (Å²) in [6.45, 7) is 4.55.